The average molecular weight is 302 g/mol. The second kappa shape index (κ2) is 6.50. The molecule has 0 radical (unpaired) electrons. The first-order chi connectivity index (χ1) is 10.3. The highest BCUT2D eigenvalue weighted by molar-refractivity contribution is 7.10. The molecule has 112 valence electrons. The van der Waals surface area contributed by atoms with Crippen molar-refractivity contribution in [3.05, 3.63) is 46.2 Å². The van der Waals surface area contributed by atoms with Crippen LogP contribution in [0.1, 0.15) is 22.9 Å². The molecule has 0 saturated carbocycles. The van der Waals surface area contributed by atoms with Crippen LogP contribution in [0.25, 0.3) is 0 Å². The lowest BCUT2D eigenvalue weighted by molar-refractivity contribution is 0.411. The van der Waals surface area contributed by atoms with Crippen molar-refractivity contribution in [1.29, 1.82) is 0 Å². The molecule has 1 atom stereocenters. The second-order valence-corrected chi connectivity index (χ2v) is 6.30. The smallest absolute Gasteiger partial charge is 0.124 e. The number of thiophene rings is 1. The molecule has 0 saturated heterocycles. The van der Waals surface area contributed by atoms with Gasteiger partial charge in [-0.3, -0.25) is 0 Å². The van der Waals surface area contributed by atoms with Crippen LogP contribution >= 0.6 is 11.3 Å². The molecule has 1 aromatic heterocycles. The van der Waals surface area contributed by atoms with Gasteiger partial charge in [0.25, 0.3) is 0 Å². The van der Waals surface area contributed by atoms with Crippen LogP contribution in [0.3, 0.4) is 0 Å². The number of nitrogens with one attached hydrogen (secondary N) is 1. The molecule has 1 N–H and O–H groups in total. The monoisotopic (exact) mass is 302 g/mol. The van der Waals surface area contributed by atoms with Gasteiger partial charge in [0.2, 0.25) is 0 Å². The van der Waals surface area contributed by atoms with Crippen molar-refractivity contribution in [3.63, 3.8) is 0 Å². The Bertz CT molecular complexity index is 582. The summed E-state index contributed by atoms with van der Waals surface area (Å²) < 4.78 is 5.52. The van der Waals surface area contributed by atoms with E-state index in [0.29, 0.717) is 6.04 Å². The number of fused-ring (bicyclic) bond motifs is 1. The number of benzene rings is 1. The third-order valence-corrected chi connectivity index (χ3v) is 5.13. The van der Waals surface area contributed by atoms with Crippen molar-refractivity contribution in [2.45, 2.75) is 18.9 Å². The van der Waals surface area contributed by atoms with Gasteiger partial charge in [-0.05, 0) is 50.0 Å². The Morgan fingerprint density at radius 2 is 2.24 bits per heavy atom. The van der Waals surface area contributed by atoms with Gasteiger partial charge >= 0.3 is 0 Å². The van der Waals surface area contributed by atoms with Crippen LogP contribution < -0.4 is 15.0 Å². The van der Waals surface area contributed by atoms with Crippen molar-refractivity contribution in [3.8, 4) is 5.75 Å². The molecule has 1 aliphatic heterocycles. The molecule has 2 heterocycles. The summed E-state index contributed by atoms with van der Waals surface area (Å²) in [7, 11) is 3.78. The molecule has 0 amide bonds. The van der Waals surface area contributed by atoms with E-state index in [9.17, 15) is 0 Å². The van der Waals surface area contributed by atoms with Crippen LogP contribution in [-0.2, 0) is 6.42 Å². The van der Waals surface area contributed by atoms with Crippen molar-refractivity contribution < 1.29 is 4.74 Å². The highest BCUT2D eigenvalue weighted by Gasteiger charge is 2.29. The predicted molar refractivity (Wildman–Crippen MR) is 89.6 cm³/mol. The van der Waals surface area contributed by atoms with Crippen molar-refractivity contribution >= 4 is 17.0 Å². The minimum atomic E-state index is 0.450. The maximum absolute atomic E-state index is 5.52. The quantitative estimate of drug-likeness (QED) is 0.884. The Hall–Kier alpha value is -1.52. The second-order valence-electron chi connectivity index (χ2n) is 5.32. The third kappa shape index (κ3) is 2.78. The first-order valence-corrected chi connectivity index (χ1v) is 8.33. The molecule has 2 aromatic rings. The van der Waals surface area contributed by atoms with Gasteiger partial charge in [-0.2, -0.15) is 0 Å². The summed E-state index contributed by atoms with van der Waals surface area (Å²) in [6.45, 7) is 2.10. The van der Waals surface area contributed by atoms with E-state index >= 15 is 0 Å². The van der Waals surface area contributed by atoms with Gasteiger partial charge in [-0.25, -0.2) is 0 Å². The van der Waals surface area contributed by atoms with Crippen molar-refractivity contribution in [2.24, 2.45) is 0 Å². The first kappa shape index (κ1) is 14.4. The molecule has 3 rings (SSSR count). The predicted octanol–water partition coefficient (Wildman–Crippen LogP) is 3.47. The van der Waals surface area contributed by atoms with E-state index < -0.39 is 0 Å². The lowest BCUT2D eigenvalue weighted by atomic mass is 10.1. The largest absolute Gasteiger partial charge is 0.496 e. The Morgan fingerprint density at radius 1 is 1.33 bits per heavy atom. The Morgan fingerprint density at radius 3 is 2.95 bits per heavy atom. The number of ether oxygens (including phenoxy) is 1. The van der Waals surface area contributed by atoms with Crippen LogP contribution in [0.15, 0.2) is 35.7 Å². The van der Waals surface area contributed by atoms with Gasteiger partial charge in [0.15, 0.2) is 0 Å². The maximum atomic E-state index is 5.52. The number of rotatable bonds is 6. The molecule has 0 fully saturated rings. The SMILES string of the molecule is CNCCC(c1cccs1)N1CCc2c(OC)cccc21. The zero-order valence-corrected chi connectivity index (χ0v) is 13.5. The zero-order chi connectivity index (χ0) is 14.7. The highest BCUT2D eigenvalue weighted by atomic mass is 32.1. The summed E-state index contributed by atoms with van der Waals surface area (Å²) in [4.78, 5) is 3.99. The summed E-state index contributed by atoms with van der Waals surface area (Å²) in [6, 6.07) is 11.2. The standard InChI is InChI=1S/C17H22N2OS/c1-18-10-8-15(17-7-4-12-21-17)19-11-9-13-14(19)5-3-6-16(13)20-2/h3-7,12,15,18H,8-11H2,1-2H3. The molecule has 1 aliphatic rings. The molecule has 3 nitrogen and oxygen atoms in total. The summed E-state index contributed by atoms with van der Waals surface area (Å²) in [6.07, 6.45) is 2.19. The van der Waals surface area contributed by atoms with E-state index in [2.05, 4.69) is 45.9 Å². The minimum Gasteiger partial charge on any atom is -0.496 e. The molecule has 1 aromatic carbocycles. The fraction of sp³-hybridized carbons (Fsp3) is 0.412. The Kier molecular flexibility index (Phi) is 4.46. The molecule has 4 heteroatoms. The molecule has 21 heavy (non-hydrogen) atoms. The topological polar surface area (TPSA) is 24.5 Å². The van der Waals surface area contributed by atoms with E-state index in [1.807, 2.05) is 18.4 Å². The number of hydrogen-bond acceptors (Lipinski definition) is 4. The van der Waals surface area contributed by atoms with Crippen LogP contribution in [0.4, 0.5) is 5.69 Å². The molecule has 0 bridgehead atoms. The molecule has 1 unspecified atom stereocenters. The molecular weight excluding hydrogens is 280 g/mol. The summed E-state index contributed by atoms with van der Waals surface area (Å²) >= 11 is 1.85. The lowest BCUT2D eigenvalue weighted by Crippen LogP contribution is -2.28. The van der Waals surface area contributed by atoms with E-state index in [0.717, 1.165) is 31.7 Å². The Balaban J connectivity index is 1.92. The minimum absolute atomic E-state index is 0.450. The van der Waals surface area contributed by atoms with E-state index in [4.69, 9.17) is 4.74 Å². The average Bonchev–Trinajstić information content (AvgIpc) is 3.17. The van der Waals surface area contributed by atoms with E-state index in [1.54, 1.807) is 7.11 Å². The van der Waals surface area contributed by atoms with Gasteiger partial charge in [0.1, 0.15) is 5.75 Å². The molecule has 0 spiro atoms. The van der Waals surface area contributed by atoms with Crippen LogP contribution in [0.2, 0.25) is 0 Å². The first-order valence-electron chi connectivity index (χ1n) is 7.45. The molecule has 0 aliphatic carbocycles. The van der Waals surface area contributed by atoms with Crippen LogP contribution in [0.5, 0.6) is 5.75 Å². The van der Waals surface area contributed by atoms with Gasteiger partial charge in [0.05, 0.1) is 13.2 Å². The lowest BCUT2D eigenvalue weighted by Gasteiger charge is -2.30. The van der Waals surface area contributed by atoms with Crippen molar-refractivity contribution in [2.75, 3.05) is 32.1 Å². The maximum Gasteiger partial charge on any atom is 0.124 e. The Labute approximate surface area is 130 Å². The fourth-order valence-electron chi connectivity index (χ4n) is 3.16. The molecular formula is C17H22N2OS. The van der Waals surface area contributed by atoms with E-state index in [1.165, 1.54) is 16.1 Å². The summed E-state index contributed by atoms with van der Waals surface area (Å²) in [5, 5.41) is 5.45. The van der Waals surface area contributed by atoms with Gasteiger partial charge in [0, 0.05) is 22.7 Å². The fourth-order valence-corrected chi connectivity index (χ4v) is 4.03. The third-order valence-electron chi connectivity index (χ3n) is 4.16. The summed E-state index contributed by atoms with van der Waals surface area (Å²) in [5.41, 5.74) is 2.69. The number of anilines is 1. The number of hydrogen-bond donors (Lipinski definition) is 1. The summed E-state index contributed by atoms with van der Waals surface area (Å²) in [5.74, 6) is 1.02. The van der Waals surface area contributed by atoms with Crippen LogP contribution in [0, 0.1) is 0 Å². The zero-order valence-electron chi connectivity index (χ0n) is 12.6. The number of nitrogens with zero attached hydrogens (tertiary/aromatic N) is 1. The highest BCUT2D eigenvalue weighted by Crippen LogP contribution is 2.41. The normalized spacial score (nSPS) is 15.0. The van der Waals surface area contributed by atoms with Gasteiger partial charge < -0.3 is 15.0 Å². The van der Waals surface area contributed by atoms with E-state index in [-0.39, 0.29) is 0 Å². The van der Waals surface area contributed by atoms with Gasteiger partial charge in [-0.1, -0.05) is 12.1 Å². The number of methoxy groups -OCH3 is 1. The van der Waals surface area contributed by atoms with Gasteiger partial charge in [-0.15, -0.1) is 11.3 Å². The van der Waals surface area contributed by atoms with Crippen molar-refractivity contribution in [1.82, 2.24) is 5.32 Å². The van der Waals surface area contributed by atoms with Crippen LogP contribution in [-0.4, -0.2) is 27.2 Å².